The maximum atomic E-state index is 13.5. The number of aliphatic hydroxyl groups is 1. The lowest BCUT2D eigenvalue weighted by Gasteiger charge is -2.44. The average molecular weight is 587 g/mol. The molecule has 2 aliphatic rings. The van der Waals surface area contributed by atoms with E-state index in [0.29, 0.717) is 12.6 Å². The Morgan fingerprint density at radius 2 is 1.69 bits per heavy atom. The number of sulfonamides is 1. The second-order valence-electron chi connectivity index (χ2n) is 10.2. The van der Waals surface area contributed by atoms with Crippen molar-refractivity contribution < 1.29 is 36.3 Å². The maximum Gasteiger partial charge on any atom is 0.421 e. The Bertz CT molecular complexity index is 1380. The molecular formula is C25H29F3N4O5S2. The second kappa shape index (κ2) is 9.98. The number of hydrogen-bond acceptors (Lipinski definition) is 7. The third-order valence-corrected chi connectivity index (χ3v) is 9.80. The van der Waals surface area contributed by atoms with Crippen molar-refractivity contribution in [2.24, 2.45) is 0 Å². The molecule has 2 aliphatic heterocycles. The van der Waals surface area contributed by atoms with Gasteiger partial charge in [0.15, 0.2) is 5.60 Å². The fourth-order valence-electron chi connectivity index (χ4n) is 4.71. The molecule has 3 amide bonds. The molecule has 4 rings (SSSR count). The highest BCUT2D eigenvalue weighted by atomic mass is 32.2. The zero-order valence-electron chi connectivity index (χ0n) is 21.4. The van der Waals surface area contributed by atoms with E-state index in [1.807, 2.05) is 0 Å². The molecule has 0 spiro atoms. The predicted molar refractivity (Wildman–Crippen MR) is 140 cm³/mol. The first-order valence-corrected chi connectivity index (χ1v) is 13.9. The lowest BCUT2D eigenvalue weighted by molar-refractivity contribution is -0.258. The molecule has 2 N–H and O–H groups in total. The molecule has 2 heterocycles. The Labute approximate surface area is 230 Å². The van der Waals surface area contributed by atoms with Gasteiger partial charge in [-0.05, 0) is 50.6 Å². The zero-order valence-corrected chi connectivity index (χ0v) is 23.1. The van der Waals surface area contributed by atoms with Crippen LogP contribution in [0.2, 0.25) is 0 Å². The number of carbonyl (C=O) groups excluding carboxylic acids is 2. The van der Waals surface area contributed by atoms with Crippen LogP contribution < -0.4 is 10.2 Å². The van der Waals surface area contributed by atoms with E-state index in [-0.39, 0.29) is 41.5 Å². The van der Waals surface area contributed by atoms with E-state index in [1.165, 1.54) is 27.4 Å². The minimum atomic E-state index is -4.89. The van der Waals surface area contributed by atoms with Gasteiger partial charge >= 0.3 is 12.2 Å². The van der Waals surface area contributed by atoms with Crippen molar-refractivity contribution in [3.05, 3.63) is 54.1 Å². The van der Waals surface area contributed by atoms with Gasteiger partial charge in [-0.1, -0.05) is 24.3 Å². The van der Waals surface area contributed by atoms with Crippen LogP contribution in [0.15, 0.2) is 58.3 Å². The molecule has 2 saturated heterocycles. The number of anilines is 1. The highest BCUT2D eigenvalue weighted by Crippen LogP contribution is 2.39. The average Bonchev–Trinajstić information content (AvgIpc) is 3.05. The highest BCUT2D eigenvalue weighted by Gasteiger charge is 2.51. The number of thiol groups is 1. The molecule has 0 unspecified atom stereocenters. The molecule has 0 radical (unpaired) electrons. The Hall–Kier alpha value is -2.81. The minimum absolute atomic E-state index is 0.0219. The largest absolute Gasteiger partial charge is 0.421 e. The van der Waals surface area contributed by atoms with Gasteiger partial charge in [0, 0.05) is 36.8 Å². The number of nitrogens with zero attached hydrogens (tertiary/aromatic N) is 3. The summed E-state index contributed by atoms with van der Waals surface area (Å²) in [5.41, 5.74) is -4.14. The predicted octanol–water partition coefficient (Wildman–Crippen LogP) is 2.96. The summed E-state index contributed by atoms with van der Waals surface area (Å²) in [6, 6.07) is 10.1. The van der Waals surface area contributed by atoms with Crippen LogP contribution in [0.5, 0.6) is 0 Å². The number of alkyl halides is 3. The number of imide groups is 1. The molecule has 0 bridgehead atoms. The van der Waals surface area contributed by atoms with Gasteiger partial charge in [-0.3, -0.25) is 10.1 Å². The standard InChI is InChI=1S/C25H29F3N4O5S2/c1-23(2)21(33)29-22(34)32(23)15-18-14-30(39(36,37)20-7-5-4-6-19(20)38)12-13-31(18)17-10-8-16(9-11-17)24(3,35)25(26,27)28/h4-11,18,35,38H,12-15H2,1-3H3,(H,29,33,34)/t18-,24-/m1/s1. The van der Waals surface area contributed by atoms with Gasteiger partial charge in [-0.2, -0.15) is 17.5 Å². The van der Waals surface area contributed by atoms with Crippen LogP contribution in [0.25, 0.3) is 0 Å². The number of hydrogen-bond donors (Lipinski definition) is 3. The molecule has 14 heteroatoms. The van der Waals surface area contributed by atoms with Gasteiger partial charge in [-0.15, -0.1) is 12.6 Å². The van der Waals surface area contributed by atoms with Gasteiger partial charge in [0.2, 0.25) is 10.0 Å². The van der Waals surface area contributed by atoms with Crippen LogP contribution in [-0.4, -0.2) is 78.6 Å². The molecule has 212 valence electrons. The van der Waals surface area contributed by atoms with Crippen molar-refractivity contribution in [1.29, 1.82) is 0 Å². The number of carbonyl (C=O) groups is 2. The van der Waals surface area contributed by atoms with Crippen LogP contribution in [-0.2, 0) is 20.4 Å². The summed E-state index contributed by atoms with van der Waals surface area (Å²) in [5, 5.41) is 12.3. The smallest absolute Gasteiger partial charge is 0.376 e. The molecule has 2 fully saturated rings. The van der Waals surface area contributed by atoms with Gasteiger partial charge in [0.1, 0.15) is 5.54 Å². The molecule has 2 aromatic rings. The third kappa shape index (κ3) is 5.22. The van der Waals surface area contributed by atoms with E-state index >= 15 is 0 Å². The summed E-state index contributed by atoms with van der Waals surface area (Å²) in [4.78, 5) is 28.4. The normalized spacial score (nSPS) is 22.1. The van der Waals surface area contributed by atoms with Crippen molar-refractivity contribution in [3.8, 4) is 0 Å². The minimum Gasteiger partial charge on any atom is -0.376 e. The fourth-order valence-corrected chi connectivity index (χ4v) is 6.77. The van der Waals surface area contributed by atoms with Crippen LogP contribution in [0.4, 0.5) is 23.7 Å². The summed E-state index contributed by atoms with van der Waals surface area (Å²) < 4.78 is 68.3. The van der Waals surface area contributed by atoms with E-state index in [0.717, 1.165) is 12.1 Å². The number of halogens is 3. The molecular weight excluding hydrogens is 557 g/mol. The summed E-state index contributed by atoms with van der Waals surface area (Å²) in [6.07, 6.45) is -4.89. The maximum absolute atomic E-state index is 13.5. The van der Waals surface area contributed by atoms with Gasteiger partial charge in [0.25, 0.3) is 5.91 Å². The molecule has 39 heavy (non-hydrogen) atoms. The quantitative estimate of drug-likeness (QED) is 0.355. The van der Waals surface area contributed by atoms with E-state index in [2.05, 4.69) is 17.9 Å². The molecule has 0 aliphatic carbocycles. The second-order valence-corrected chi connectivity index (χ2v) is 12.6. The van der Waals surface area contributed by atoms with Crippen LogP contribution >= 0.6 is 12.6 Å². The Kier molecular flexibility index (Phi) is 7.47. The number of rotatable bonds is 6. The topological polar surface area (TPSA) is 110 Å². The molecule has 0 saturated carbocycles. The van der Waals surface area contributed by atoms with E-state index in [9.17, 15) is 36.3 Å². The summed E-state index contributed by atoms with van der Waals surface area (Å²) >= 11 is 4.28. The van der Waals surface area contributed by atoms with Gasteiger partial charge in [-0.25, -0.2) is 13.2 Å². The molecule has 0 aromatic heterocycles. The van der Waals surface area contributed by atoms with Gasteiger partial charge < -0.3 is 14.9 Å². The number of benzene rings is 2. The number of amides is 3. The zero-order chi connectivity index (χ0) is 29.0. The first-order valence-electron chi connectivity index (χ1n) is 12.1. The molecule has 9 nitrogen and oxygen atoms in total. The Morgan fingerprint density at radius 1 is 1.08 bits per heavy atom. The fraction of sp³-hybridized carbons (Fsp3) is 0.440. The van der Waals surface area contributed by atoms with Crippen molar-refractivity contribution in [2.45, 2.75) is 53.9 Å². The highest BCUT2D eigenvalue weighted by molar-refractivity contribution is 7.90. The Morgan fingerprint density at radius 3 is 2.23 bits per heavy atom. The number of urea groups is 1. The monoisotopic (exact) mass is 586 g/mol. The van der Waals surface area contributed by atoms with Crippen LogP contribution in [0.3, 0.4) is 0 Å². The molecule has 2 atom stereocenters. The lowest BCUT2D eigenvalue weighted by atomic mass is 9.95. The Balaban J connectivity index is 1.68. The van der Waals surface area contributed by atoms with Crippen molar-refractivity contribution in [1.82, 2.24) is 14.5 Å². The SMILES string of the molecule is CC1(C)C(=O)NC(=O)N1C[C@H]1CN(S(=O)(=O)c2ccccc2S)CCN1c1ccc([C@@](C)(O)C(F)(F)F)cc1. The lowest BCUT2D eigenvalue weighted by Crippen LogP contribution is -2.60. The van der Waals surface area contributed by atoms with E-state index in [1.54, 1.807) is 36.9 Å². The van der Waals surface area contributed by atoms with Gasteiger partial charge in [0.05, 0.1) is 10.9 Å². The van der Waals surface area contributed by atoms with Crippen molar-refractivity contribution in [3.63, 3.8) is 0 Å². The first-order chi connectivity index (χ1) is 18.0. The van der Waals surface area contributed by atoms with Crippen LogP contribution in [0, 0.1) is 0 Å². The summed E-state index contributed by atoms with van der Waals surface area (Å²) in [6.45, 7) is 3.90. The number of nitrogens with one attached hydrogen (secondary N) is 1. The van der Waals surface area contributed by atoms with Crippen molar-refractivity contribution in [2.75, 3.05) is 31.1 Å². The number of piperazine rings is 1. The van der Waals surface area contributed by atoms with Crippen LogP contribution in [0.1, 0.15) is 26.3 Å². The van der Waals surface area contributed by atoms with E-state index < -0.39 is 45.3 Å². The van der Waals surface area contributed by atoms with Crippen molar-refractivity contribution >= 4 is 40.3 Å². The van der Waals surface area contributed by atoms with E-state index in [4.69, 9.17) is 0 Å². The summed E-state index contributed by atoms with van der Waals surface area (Å²) in [7, 11) is -3.97. The summed E-state index contributed by atoms with van der Waals surface area (Å²) in [5.74, 6) is -0.498. The third-order valence-electron chi connectivity index (χ3n) is 7.33. The molecule has 2 aromatic carbocycles. The first kappa shape index (κ1) is 29.2.